The highest BCUT2D eigenvalue weighted by Gasteiger charge is 2.32. The van der Waals surface area contributed by atoms with Gasteiger partial charge in [-0.15, -0.1) is 0 Å². The van der Waals surface area contributed by atoms with Gasteiger partial charge in [0.15, 0.2) is 0 Å². The summed E-state index contributed by atoms with van der Waals surface area (Å²) in [7, 11) is 0. The molecule has 1 aliphatic rings. The summed E-state index contributed by atoms with van der Waals surface area (Å²) >= 11 is 0. The van der Waals surface area contributed by atoms with Crippen LogP contribution in [-0.4, -0.2) is 39.4 Å². The van der Waals surface area contributed by atoms with Gasteiger partial charge in [-0.05, 0) is 12.0 Å². The fourth-order valence-corrected chi connectivity index (χ4v) is 2.76. The maximum Gasteiger partial charge on any atom is 0.319 e. The minimum atomic E-state index is -0.500. The van der Waals surface area contributed by atoms with Crippen LogP contribution in [0.15, 0.2) is 42.7 Å². The number of benzene rings is 1. The van der Waals surface area contributed by atoms with Gasteiger partial charge in [0.1, 0.15) is 11.9 Å². The lowest BCUT2D eigenvalue weighted by Gasteiger charge is -2.17. The standard InChI is InChI=1S/C18H21N5O2/c1-2-16-19-10-14(11-20-16)21-18(25)22-15-8-9-23(17(15)24)12-13-6-4-3-5-7-13/h3-7,10-11,15H,2,8-9,12H2,1H3,(H2,21,22,25). The topological polar surface area (TPSA) is 87.2 Å². The van der Waals surface area contributed by atoms with Gasteiger partial charge in [0.2, 0.25) is 5.91 Å². The molecule has 130 valence electrons. The highest BCUT2D eigenvalue weighted by Crippen LogP contribution is 2.15. The number of nitrogens with zero attached hydrogens (tertiary/aromatic N) is 3. The maximum absolute atomic E-state index is 12.4. The van der Waals surface area contributed by atoms with Gasteiger partial charge < -0.3 is 15.5 Å². The van der Waals surface area contributed by atoms with Gasteiger partial charge in [0.25, 0.3) is 0 Å². The molecule has 2 aromatic rings. The van der Waals surface area contributed by atoms with Crippen LogP contribution in [0.2, 0.25) is 0 Å². The van der Waals surface area contributed by atoms with E-state index in [1.54, 1.807) is 17.3 Å². The van der Waals surface area contributed by atoms with Crippen molar-refractivity contribution in [1.82, 2.24) is 20.2 Å². The Balaban J connectivity index is 1.52. The summed E-state index contributed by atoms with van der Waals surface area (Å²) in [5.74, 6) is 0.657. The van der Waals surface area contributed by atoms with Crippen LogP contribution in [0.4, 0.5) is 10.5 Å². The molecule has 2 heterocycles. The molecule has 3 rings (SSSR count). The van der Waals surface area contributed by atoms with Crippen LogP contribution in [0, 0.1) is 0 Å². The minimum absolute atomic E-state index is 0.0587. The third kappa shape index (κ3) is 4.32. The molecule has 1 unspecified atom stereocenters. The first kappa shape index (κ1) is 16.9. The number of likely N-dealkylation sites (tertiary alicyclic amines) is 1. The fraction of sp³-hybridized carbons (Fsp3) is 0.333. The van der Waals surface area contributed by atoms with Crippen molar-refractivity contribution in [3.05, 3.63) is 54.1 Å². The molecule has 3 amide bonds. The zero-order valence-corrected chi connectivity index (χ0v) is 14.1. The Labute approximate surface area is 146 Å². The summed E-state index contributed by atoms with van der Waals surface area (Å²) in [6.45, 7) is 3.15. The van der Waals surface area contributed by atoms with E-state index in [2.05, 4.69) is 20.6 Å². The van der Waals surface area contributed by atoms with E-state index in [4.69, 9.17) is 0 Å². The lowest BCUT2D eigenvalue weighted by molar-refractivity contribution is -0.129. The summed E-state index contributed by atoms with van der Waals surface area (Å²) in [6.07, 6.45) is 4.46. The highest BCUT2D eigenvalue weighted by atomic mass is 16.2. The summed E-state index contributed by atoms with van der Waals surface area (Å²) < 4.78 is 0. The van der Waals surface area contributed by atoms with Crippen LogP contribution < -0.4 is 10.6 Å². The number of rotatable bonds is 5. The Morgan fingerprint density at radius 3 is 2.64 bits per heavy atom. The number of hydrogen-bond acceptors (Lipinski definition) is 4. The molecule has 1 fully saturated rings. The molecule has 0 saturated carbocycles. The molecule has 0 spiro atoms. The van der Waals surface area contributed by atoms with Crippen LogP contribution in [0.5, 0.6) is 0 Å². The van der Waals surface area contributed by atoms with E-state index in [0.29, 0.717) is 31.0 Å². The number of carbonyl (C=O) groups excluding carboxylic acids is 2. The molecule has 0 bridgehead atoms. The molecule has 25 heavy (non-hydrogen) atoms. The molecule has 0 radical (unpaired) electrons. The number of nitrogens with one attached hydrogen (secondary N) is 2. The third-order valence-electron chi connectivity index (χ3n) is 4.10. The monoisotopic (exact) mass is 339 g/mol. The normalized spacial score (nSPS) is 16.8. The SMILES string of the molecule is CCc1ncc(NC(=O)NC2CCN(Cc3ccccc3)C2=O)cn1. The van der Waals surface area contributed by atoms with Crippen molar-refractivity contribution in [3.63, 3.8) is 0 Å². The molecule has 2 N–H and O–H groups in total. The molecule has 7 nitrogen and oxygen atoms in total. The van der Waals surface area contributed by atoms with Crippen LogP contribution in [0.1, 0.15) is 24.7 Å². The van der Waals surface area contributed by atoms with E-state index in [1.165, 1.54) is 0 Å². The lowest BCUT2D eigenvalue weighted by atomic mass is 10.2. The maximum atomic E-state index is 12.4. The quantitative estimate of drug-likeness (QED) is 0.872. The van der Waals surface area contributed by atoms with Crippen molar-refractivity contribution in [2.75, 3.05) is 11.9 Å². The molecule has 1 aliphatic heterocycles. The van der Waals surface area contributed by atoms with Crippen molar-refractivity contribution < 1.29 is 9.59 Å². The summed E-state index contributed by atoms with van der Waals surface area (Å²) in [6, 6.07) is 8.89. The van der Waals surface area contributed by atoms with Gasteiger partial charge in [0, 0.05) is 19.5 Å². The van der Waals surface area contributed by atoms with E-state index < -0.39 is 12.1 Å². The molecule has 1 aromatic carbocycles. The summed E-state index contributed by atoms with van der Waals surface area (Å²) in [5, 5.41) is 5.38. The van der Waals surface area contributed by atoms with Gasteiger partial charge in [-0.25, -0.2) is 14.8 Å². The predicted molar refractivity (Wildman–Crippen MR) is 93.8 cm³/mol. The van der Waals surface area contributed by atoms with E-state index in [0.717, 1.165) is 12.0 Å². The van der Waals surface area contributed by atoms with Gasteiger partial charge in [-0.1, -0.05) is 37.3 Å². The molecule has 0 aliphatic carbocycles. The Morgan fingerprint density at radius 1 is 1.24 bits per heavy atom. The second-order valence-corrected chi connectivity index (χ2v) is 5.93. The van der Waals surface area contributed by atoms with Crippen LogP contribution in [-0.2, 0) is 17.8 Å². The first-order valence-electron chi connectivity index (χ1n) is 8.37. The third-order valence-corrected chi connectivity index (χ3v) is 4.10. The molecule has 1 saturated heterocycles. The van der Waals surface area contributed by atoms with Gasteiger partial charge in [-0.2, -0.15) is 0 Å². The van der Waals surface area contributed by atoms with Crippen molar-refractivity contribution in [2.45, 2.75) is 32.4 Å². The predicted octanol–water partition coefficient (Wildman–Crippen LogP) is 1.96. The summed E-state index contributed by atoms with van der Waals surface area (Å²) in [4.78, 5) is 34.5. The molecular weight excluding hydrogens is 318 g/mol. The molecular formula is C18H21N5O2. The highest BCUT2D eigenvalue weighted by molar-refractivity contribution is 5.94. The molecule has 1 aromatic heterocycles. The van der Waals surface area contributed by atoms with Crippen molar-refractivity contribution in [3.8, 4) is 0 Å². The van der Waals surface area contributed by atoms with Crippen LogP contribution in [0.25, 0.3) is 0 Å². The number of carbonyl (C=O) groups is 2. The smallest absolute Gasteiger partial charge is 0.319 e. The largest absolute Gasteiger partial charge is 0.336 e. The van der Waals surface area contributed by atoms with Gasteiger partial charge in [0.05, 0.1) is 18.1 Å². The zero-order chi connectivity index (χ0) is 17.6. The number of anilines is 1. The van der Waals surface area contributed by atoms with Crippen molar-refractivity contribution in [1.29, 1.82) is 0 Å². The van der Waals surface area contributed by atoms with Crippen LogP contribution in [0.3, 0.4) is 0 Å². The average molecular weight is 339 g/mol. The number of urea groups is 1. The van der Waals surface area contributed by atoms with Gasteiger partial charge in [-0.3, -0.25) is 4.79 Å². The first-order chi connectivity index (χ1) is 12.2. The second kappa shape index (κ2) is 7.74. The van der Waals surface area contributed by atoms with Crippen molar-refractivity contribution >= 4 is 17.6 Å². The summed E-state index contributed by atoms with van der Waals surface area (Å²) in [5.41, 5.74) is 1.58. The van der Waals surface area contributed by atoms with Gasteiger partial charge >= 0.3 is 6.03 Å². The van der Waals surface area contributed by atoms with E-state index >= 15 is 0 Å². The first-order valence-corrected chi connectivity index (χ1v) is 8.37. The zero-order valence-electron chi connectivity index (χ0n) is 14.1. The number of aryl methyl sites for hydroxylation is 1. The number of aromatic nitrogens is 2. The molecule has 7 heteroatoms. The lowest BCUT2D eigenvalue weighted by Crippen LogP contribution is -2.43. The molecule has 1 atom stereocenters. The van der Waals surface area contributed by atoms with E-state index in [1.807, 2.05) is 37.3 Å². The van der Waals surface area contributed by atoms with Crippen LogP contribution >= 0.6 is 0 Å². The number of hydrogen-bond donors (Lipinski definition) is 2. The average Bonchev–Trinajstić information content (AvgIpc) is 2.96. The Kier molecular flexibility index (Phi) is 5.23. The van der Waals surface area contributed by atoms with Crippen molar-refractivity contribution in [2.24, 2.45) is 0 Å². The Morgan fingerprint density at radius 2 is 1.96 bits per heavy atom. The Hall–Kier alpha value is -2.96. The second-order valence-electron chi connectivity index (χ2n) is 5.93. The Bertz CT molecular complexity index is 733. The van der Waals surface area contributed by atoms with E-state index in [-0.39, 0.29) is 5.91 Å². The number of amides is 3. The fourth-order valence-electron chi connectivity index (χ4n) is 2.76. The van der Waals surface area contributed by atoms with E-state index in [9.17, 15) is 9.59 Å². The minimum Gasteiger partial charge on any atom is -0.336 e.